The molecule has 0 aliphatic carbocycles. The van der Waals surface area contributed by atoms with Crippen molar-refractivity contribution in [3.05, 3.63) is 34.6 Å². The lowest BCUT2D eigenvalue weighted by molar-refractivity contribution is 0.273. The van der Waals surface area contributed by atoms with E-state index in [1.165, 1.54) is 0 Å². The summed E-state index contributed by atoms with van der Waals surface area (Å²) in [6.07, 6.45) is 0. The molecule has 0 bridgehead atoms. The summed E-state index contributed by atoms with van der Waals surface area (Å²) in [5.41, 5.74) is 0.615. The number of rotatable bonds is 6. The molecule has 1 N–H and O–H groups in total. The molecule has 0 atom stereocenters. The Bertz CT molecular complexity index is 355. The fourth-order valence-electron chi connectivity index (χ4n) is 1.42. The summed E-state index contributed by atoms with van der Waals surface area (Å²) < 4.78 is 13.5. The molecule has 0 radical (unpaired) electrons. The van der Waals surface area contributed by atoms with Gasteiger partial charge in [-0.25, -0.2) is 4.39 Å². The second-order valence-electron chi connectivity index (χ2n) is 4.46. The Hall–Kier alpha value is -0.640. The Morgan fingerprint density at radius 1 is 1.41 bits per heavy atom. The van der Waals surface area contributed by atoms with E-state index in [1.807, 2.05) is 0 Å². The topological polar surface area (TPSA) is 15.3 Å². The quantitative estimate of drug-likeness (QED) is 0.790. The van der Waals surface area contributed by atoms with Crippen LogP contribution in [0.25, 0.3) is 0 Å². The summed E-state index contributed by atoms with van der Waals surface area (Å²) in [4.78, 5) is 2.24. The van der Waals surface area contributed by atoms with Crippen LogP contribution >= 0.6 is 11.6 Å². The van der Waals surface area contributed by atoms with Crippen molar-refractivity contribution >= 4 is 11.6 Å². The lowest BCUT2D eigenvalue weighted by atomic mass is 10.2. The summed E-state index contributed by atoms with van der Waals surface area (Å²) in [7, 11) is 2.08. The highest BCUT2D eigenvalue weighted by atomic mass is 35.5. The summed E-state index contributed by atoms with van der Waals surface area (Å²) in [6.45, 7) is 6.59. The van der Waals surface area contributed by atoms with Gasteiger partial charge in [-0.1, -0.05) is 23.7 Å². The van der Waals surface area contributed by atoms with Gasteiger partial charge >= 0.3 is 0 Å². The average Bonchev–Trinajstić information content (AvgIpc) is 2.29. The van der Waals surface area contributed by atoms with Crippen LogP contribution in [-0.2, 0) is 6.54 Å². The van der Waals surface area contributed by atoms with E-state index in [4.69, 9.17) is 11.6 Å². The second kappa shape index (κ2) is 6.94. The molecule has 0 aromatic heterocycles. The molecule has 0 aliphatic heterocycles. The Morgan fingerprint density at radius 2 is 2.12 bits per heavy atom. The first-order valence-corrected chi connectivity index (χ1v) is 6.24. The van der Waals surface area contributed by atoms with Crippen LogP contribution < -0.4 is 5.32 Å². The molecule has 0 saturated carbocycles. The number of benzene rings is 1. The van der Waals surface area contributed by atoms with E-state index in [9.17, 15) is 4.39 Å². The first-order valence-electron chi connectivity index (χ1n) is 5.86. The van der Waals surface area contributed by atoms with E-state index >= 15 is 0 Å². The number of nitrogens with one attached hydrogen (secondary N) is 1. The van der Waals surface area contributed by atoms with Gasteiger partial charge in [0.05, 0.1) is 5.02 Å². The Balaban J connectivity index is 2.34. The number of halogens is 2. The molecule has 0 saturated heterocycles. The summed E-state index contributed by atoms with van der Waals surface area (Å²) in [5.74, 6) is -0.320. The zero-order chi connectivity index (χ0) is 12.8. The maximum atomic E-state index is 13.5. The van der Waals surface area contributed by atoms with E-state index in [-0.39, 0.29) is 10.8 Å². The van der Waals surface area contributed by atoms with Crippen LogP contribution in [0.4, 0.5) is 4.39 Å². The highest BCUT2D eigenvalue weighted by Crippen LogP contribution is 2.17. The first kappa shape index (κ1) is 14.4. The molecule has 96 valence electrons. The molecule has 4 heteroatoms. The summed E-state index contributed by atoms with van der Waals surface area (Å²) in [5, 5.41) is 3.40. The zero-order valence-corrected chi connectivity index (χ0v) is 11.4. The van der Waals surface area contributed by atoms with Gasteiger partial charge in [0.2, 0.25) is 0 Å². The van der Waals surface area contributed by atoms with Crippen molar-refractivity contribution in [2.45, 2.75) is 26.4 Å². The fraction of sp³-hybridized carbons (Fsp3) is 0.538. The third kappa shape index (κ3) is 4.62. The average molecular weight is 259 g/mol. The van der Waals surface area contributed by atoms with Crippen molar-refractivity contribution in [1.29, 1.82) is 0 Å². The minimum atomic E-state index is -0.320. The molecule has 17 heavy (non-hydrogen) atoms. The standard InChI is InChI=1S/C13H20ClFN2/c1-10(2)17(3)8-7-16-9-11-5-4-6-12(14)13(11)15/h4-6,10,16H,7-9H2,1-3H3. The monoisotopic (exact) mass is 258 g/mol. The van der Waals surface area contributed by atoms with Gasteiger partial charge in [0.1, 0.15) is 5.82 Å². The van der Waals surface area contributed by atoms with Crippen molar-refractivity contribution in [3.63, 3.8) is 0 Å². The maximum absolute atomic E-state index is 13.5. The maximum Gasteiger partial charge on any atom is 0.146 e. The van der Waals surface area contributed by atoms with E-state index in [0.717, 1.165) is 13.1 Å². The van der Waals surface area contributed by atoms with E-state index < -0.39 is 0 Å². The first-order chi connectivity index (χ1) is 8.02. The van der Waals surface area contributed by atoms with Crippen molar-refractivity contribution in [3.8, 4) is 0 Å². The predicted molar refractivity (Wildman–Crippen MR) is 70.9 cm³/mol. The molecule has 1 rings (SSSR count). The third-order valence-corrected chi connectivity index (χ3v) is 3.16. The van der Waals surface area contributed by atoms with E-state index in [0.29, 0.717) is 18.2 Å². The highest BCUT2D eigenvalue weighted by Gasteiger charge is 2.06. The van der Waals surface area contributed by atoms with Crippen molar-refractivity contribution in [2.75, 3.05) is 20.1 Å². The van der Waals surface area contributed by atoms with Gasteiger partial charge in [-0.3, -0.25) is 0 Å². The minimum absolute atomic E-state index is 0.184. The Kier molecular flexibility index (Phi) is 5.89. The van der Waals surface area contributed by atoms with Crippen molar-refractivity contribution < 1.29 is 4.39 Å². The highest BCUT2D eigenvalue weighted by molar-refractivity contribution is 6.30. The van der Waals surface area contributed by atoms with Gasteiger partial charge in [-0.15, -0.1) is 0 Å². The minimum Gasteiger partial charge on any atom is -0.311 e. The molecule has 0 aliphatic rings. The van der Waals surface area contributed by atoms with Crippen LogP contribution in [0.3, 0.4) is 0 Å². The largest absolute Gasteiger partial charge is 0.311 e. The summed E-state index contributed by atoms with van der Waals surface area (Å²) in [6, 6.07) is 5.61. The zero-order valence-electron chi connectivity index (χ0n) is 10.6. The molecule has 0 spiro atoms. The lowest BCUT2D eigenvalue weighted by Gasteiger charge is -2.21. The Labute approximate surface area is 108 Å². The second-order valence-corrected chi connectivity index (χ2v) is 4.87. The molecule has 0 unspecified atom stereocenters. The number of nitrogens with zero attached hydrogens (tertiary/aromatic N) is 1. The van der Waals surface area contributed by atoms with Crippen molar-refractivity contribution in [2.24, 2.45) is 0 Å². The molecular formula is C13H20ClFN2. The van der Waals surface area contributed by atoms with E-state index in [1.54, 1.807) is 18.2 Å². The number of hydrogen-bond donors (Lipinski definition) is 1. The predicted octanol–water partition coefficient (Wildman–Crippen LogP) is 2.91. The van der Waals surface area contributed by atoms with Crippen LogP contribution in [0.2, 0.25) is 5.02 Å². The molecule has 0 fully saturated rings. The molecular weight excluding hydrogens is 239 g/mol. The number of hydrogen-bond acceptors (Lipinski definition) is 2. The summed E-state index contributed by atoms with van der Waals surface area (Å²) >= 11 is 5.71. The molecule has 1 aromatic carbocycles. The van der Waals surface area contributed by atoms with Gasteiger partial charge in [0.15, 0.2) is 0 Å². The van der Waals surface area contributed by atoms with Crippen molar-refractivity contribution in [1.82, 2.24) is 10.2 Å². The van der Waals surface area contributed by atoms with Crippen LogP contribution in [0.5, 0.6) is 0 Å². The van der Waals surface area contributed by atoms with Gasteiger partial charge in [-0.2, -0.15) is 0 Å². The SMILES string of the molecule is CC(C)N(C)CCNCc1cccc(Cl)c1F. The number of likely N-dealkylation sites (N-methyl/N-ethyl adjacent to an activating group) is 1. The Morgan fingerprint density at radius 3 is 2.76 bits per heavy atom. The third-order valence-electron chi connectivity index (χ3n) is 2.87. The van der Waals surface area contributed by atoms with Crippen LogP contribution in [-0.4, -0.2) is 31.1 Å². The van der Waals surface area contributed by atoms with Gasteiger partial charge in [-0.05, 0) is 27.0 Å². The molecule has 2 nitrogen and oxygen atoms in total. The lowest BCUT2D eigenvalue weighted by Crippen LogP contribution is -2.33. The van der Waals surface area contributed by atoms with Crippen LogP contribution in [0, 0.1) is 5.82 Å². The molecule has 0 amide bonds. The fourth-order valence-corrected chi connectivity index (χ4v) is 1.62. The van der Waals surface area contributed by atoms with Crippen LogP contribution in [0.15, 0.2) is 18.2 Å². The van der Waals surface area contributed by atoms with Gasteiger partial charge < -0.3 is 10.2 Å². The van der Waals surface area contributed by atoms with Gasteiger partial charge in [0.25, 0.3) is 0 Å². The molecule has 0 heterocycles. The van der Waals surface area contributed by atoms with Gasteiger partial charge in [0, 0.05) is 31.2 Å². The normalized spacial score (nSPS) is 11.5. The van der Waals surface area contributed by atoms with E-state index in [2.05, 4.69) is 31.1 Å². The molecule has 1 aromatic rings. The smallest absolute Gasteiger partial charge is 0.146 e. The van der Waals surface area contributed by atoms with Crippen LogP contribution in [0.1, 0.15) is 19.4 Å².